The Morgan fingerprint density at radius 1 is 1.14 bits per heavy atom. The molecule has 6 heteroatoms. The van der Waals surface area contributed by atoms with Crippen LogP contribution in [0.5, 0.6) is 5.75 Å². The molecule has 4 rings (SSSR count). The Bertz CT molecular complexity index is 911. The molecule has 2 amide bonds. The molecular formula is C23H26N2O4. The van der Waals surface area contributed by atoms with E-state index in [0.29, 0.717) is 13.2 Å². The molecular weight excluding hydrogens is 368 g/mol. The van der Waals surface area contributed by atoms with Gasteiger partial charge in [0.05, 0.1) is 31.2 Å². The van der Waals surface area contributed by atoms with E-state index in [-0.39, 0.29) is 35.7 Å². The molecule has 6 nitrogen and oxygen atoms in total. The molecule has 0 radical (unpaired) electrons. The Morgan fingerprint density at radius 2 is 1.86 bits per heavy atom. The summed E-state index contributed by atoms with van der Waals surface area (Å²) in [7, 11) is 1.62. The molecule has 4 atom stereocenters. The van der Waals surface area contributed by atoms with Crippen LogP contribution in [0.15, 0.2) is 48.5 Å². The minimum absolute atomic E-state index is 0.0276. The Labute approximate surface area is 170 Å². The quantitative estimate of drug-likeness (QED) is 0.784. The van der Waals surface area contributed by atoms with Crippen LogP contribution >= 0.6 is 0 Å². The van der Waals surface area contributed by atoms with E-state index in [1.165, 1.54) is 0 Å². The smallest absolute Gasteiger partial charge is 0.226 e. The van der Waals surface area contributed by atoms with Gasteiger partial charge in [-0.25, -0.2) is 0 Å². The number of hydrogen-bond donors (Lipinski definition) is 1. The fourth-order valence-electron chi connectivity index (χ4n) is 4.46. The predicted molar refractivity (Wildman–Crippen MR) is 110 cm³/mol. The van der Waals surface area contributed by atoms with E-state index in [0.717, 1.165) is 22.6 Å². The summed E-state index contributed by atoms with van der Waals surface area (Å²) in [5, 5.41) is 3.12. The maximum absolute atomic E-state index is 13.1. The highest BCUT2D eigenvalue weighted by Crippen LogP contribution is 2.60. The van der Waals surface area contributed by atoms with Crippen LogP contribution in [0.3, 0.4) is 0 Å². The Morgan fingerprint density at radius 3 is 2.52 bits per heavy atom. The lowest BCUT2D eigenvalue weighted by atomic mass is 10.0. The number of hydrogen-bond acceptors (Lipinski definition) is 4. The van der Waals surface area contributed by atoms with E-state index in [2.05, 4.69) is 5.32 Å². The first-order valence-corrected chi connectivity index (χ1v) is 9.97. The zero-order chi connectivity index (χ0) is 20.5. The zero-order valence-corrected chi connectivity index (χ0v) is 16.9. The van der Waals surface area contributed by atoms with Gasteiger partial charge in [-0.1, -0.05) is 30.3 Å². The summed E-state index contributed by atoms with van der Waals surface area (Å²) in [4.78, 5) is 27.1. The number of para-hydroxylation sites is 1. The SMILES string of the molecule is CCOc1ccc([C@H](COC)NC(=O)C2C3c4ccccc4N(C(C)=O)C23)cc1. The van der Waals surface area contributed by atoms with Gasteiger partial charge in [0.2, 0.25) is 11.8 Å². The number of ether oxygens (including phenoxy) is 2. The third kappa shape index (κ3) is 3.49. The van der Waals surface area contributed by atoms with Crippen molar-refractivity contribution in [3.63, 3.8) is 0 Å². The van der Waals surface area contributed by atoms with Crippen molar-refractivity contribution >= 4 is 17.5 Å². The van der Waals surface area contributed by atoms with Gasteiger partial charge >= 0.3 is 0 Å². The van der Waals surface area contributed by atoms with Crippen LogP contribution in [0.2, 0.25) is 0 Å². The highest BCUT2D eigenvalue weighted by Gasteiger charge is 2.64. The van der Waals surface area contributed by atoms with Gasteiger partial charge in [0.15, 0.2) is 0 Å². The number of rotatable bonds is 7. The summed E-state index contributed by atoms with van der Waals surface area (Å²) in [6.45, 7) is 4.47. The predicted octanol–water partition coefficient (Wildman–Crippen LogP) is 3.04. The number of benzene rings is 2. The van der Waals surface area contributed by atoms with E-state index in [1.54, 1.807) is 18.9 Å². The summed E-state index contributed by atoms with van der Waals surface area (Å²) in [5.74, 6) is 0.565. The number of fused-ring (bicyclic) bond motifs is 3. The van der Waals surface area contributed by atoms with Crippen molar-refractivity contribution in [2.75, 3.05) is 25.2 Å². The zero-order valence-electron chi connectivity index (χ0n) is 16.9. The van der Waals surface area contributed by atoms with Crippen molar-refractivity contribution < 1.29 is 19.1 Å². The van der Waals surface area contributed by atoms with Crippen molar-refractivity contribution in [3.05, 3.63) is 59.7 Å². The van der Waals surface area contributed by atoms with E-state index in [9.17, 15) is 9.59 Å². The van der Waals surface area contributed by atoms with Crippen LogP contribution in [0.25, 0.3) is 0 Å². The van der Waals surface area contributed by atoms with Crippen molar-refractivity contribution in [2.24, 2.45) is 5.92 Å². The number of nitrogens with one attached hydrogen (secondary N) is 1. The van der Waals surface area contributed by atoms with Crippen molar-refractivity contribution in [2.45, 2.75) is 31.8 Å². The average molecular weight is 394 g/mol. The van der Waals surface area contributed by atoms with Gasteiger partial charge in [0, 0.05) is 25.6 Å². The van der Waals surface area contributed by atoms with Gasteiger partial charge in [-0.15, -0.1) is 0 Å². The summed E-state index contributed by atoms with van der Waals surface area (Å²) in [5.41, 5.74) is 2.97. The lowest BCUT2D eigenvalue weighted by molar-refractivity contribution is -0.123. The molecule has 3 unspecified atom stereocenters. The van der Waals surface area contributed by atoms with Gasteiger partial charge < -0.3 is 19.7 Å². The van der Waals surface area contributed by atoms with E-state index >= 15 is 0 Å². The van der Waals surface area contributed by atoms with Crippen LogP contribution in [0.1, 0.15) is 36.9 Å². The number of carbonyl (C=O) groups excluding carboxylic acids is 2. The summed E-state index contributed by atoms with van der Waals surface area (Å²) in [6.07, 6.45) is 0. The number of carbonyl (C=O) groups is 2. The van der Waals surface area contributed by atoms with Crippen LogP contribution < -0.4 is 15.0 Å². The fourth-order valence-corrected chi connectivity index (χ4v) is 4.46. The van der Waals surface area contributed by atoms with E-state index in [1.807, 2.05) is 55.5 Å². The molecule has 2 aromatic carbocycles. The van der Waals surface area contributed by atoms with E-state index in [4.69, 9.17) is 9.47 Å². The molecule has 1 aliphatic heterocycles. The van der Waals surface area contributed by atoms with Gasteiger partial charge in [-0.05, 0) is 36.2 Å². The summed E-state index contributed by atoms with van der Waals surface area (Å²) < 4.78 is 10.8. The fraction of sp³-hybridized carbons (Fsp3) is 0.391. The minimum atomic E-state index is -0.259. The second-order valence-electron chi connectivity index (χ2n) is 7.51. The molecule has 1 aliphatic carbocycles. The standard InChI is InChI=1S/C23H26N2O4/c1-4-29-16-11-9-15(10-12-16)18(13-28-3)24-23(27)21-20-17-7-5-6-8-19(17)25(14(2)26)22(20)21/h5-12,18,20-22H,4,13H2,1-3H3,(H,24,27)/t18-,20?,21?,22?/m0/s1. The molecule has 2 aliphatic rings. The highest BCUT2D eigenvalue weighted by molar-refractivity contribution is 6.01. The third-order valence-electron chi connectivity index (χ3n) is 5.72. The average Bonchev–Trinajstić information content (AvgIpc) is 3.34. The molecule has 0 spiro atoms. The monoisotopic (exact) mass is 394 g/mol. The van der Waals surface area contributed by atoms with Crippen molar-refractivity contribution in [3.8, 4) is 5.75 Å². The summed E-state index contributed by atoms with van der Waals surface area (Å²) in [6, 6.07) is 15.2. The highest BCUT2D eigenvalue weighted by atomic mass is 16.5. The third-order valence-corrected chi connectivity index (χ3v) is 5.72. The van der Waals surface area contributed by atoms with Gasteiger partial charge in [-0.2, -0.15) is 0 Å². The van der Waals surface area contributed by atoms with Crippen LogP contribution in [-0.2, 0) is 14.3 Å². The number of anilines is 1. The molecule has 0 aromatic heterocycles. The lowest BCUT2D eigenvalue weighted by Gasteiger charge is -2.23. The molecule has 152 valence electrons. The first-order valence-electron chi connectivity index (χ1n) is 9.97. The second kappa shape index (κ2) is 7.87. The van der Waals surface area contributed by atoms with Crippen molar-refractivity contribution in [1.29, 1.82) is 0 Å². The largest absolute Gasteiger partial charge is 0.494 e. The molecule has 1 saturated carbocycles. The van der Waals surface area contributed by atoms with Crippen molar-refractivity contribution in [1.82, 2.24) is 5.32 Å². The van der Waals surface area contributed by atoms with Gasteiger partial charge in [0.1, 0.15) is 5.75 Å². The molecule has 0 bridgehead atoms. The number of methoxy groups -OCH3 is 1. The Kier molecular flexibility index (Phi) is 5.28. The normalized spacial score (nSPS) is 22.4. The Hall–Kier alpha value is -2.86. The number of amides is 2. The van der Waals surface area contributed by atoms with Gasteiger partial charge in [-0.3, -0.25) is 9.59 Å². The molecule has 2 aromatic rings. The molecule has 0 saturated heterocycles. The summed E-state index contributed by atoms with van der Waals surface area (Å²) >= 11 is 0. The number of nitrogens with zero attached hydrogens (tertiary/aromatic N) is 1. The van der Waals surface area contributed by atoms with E-state index < -0.39 is 0 Å². The second-order valence-corrected chi connectivity index (χ2v) is 7.51. The molecule has 29 heavy (non-hydrogen) atoms. The first-order chi connectivity index (χ1) is 14.1. The lowest BCUT2D eigenvalue weighted by Crippen LogP contribution is -2.37. The maximum atomic E-state index is 13.1. The van der Waals surface area contributed by atoms with Crippen LogP contribution in [0.4, 0.5) is 5.69 Å². The molecule has 1 fully saturated rings. The molecule has 1 heterocycles. The van der Waals surface area contributed by atoms with Crippen LogP contribution in [-0.4, -0.2) is 38.2 Å². The first kappa shape index (κ1) is 19.5. The minimum Gasteiger partial charge on any atom is -0.494 e. The molecule has 1 N–H and O–H groups in total. The van der Waals surface area contributed by atoms with Crippen LogP contribution in [0, 0.1) is 5.92 Å². The maximum Gasteiger partial charge on any atom is 0.226 e. The Balaban J connectivity index is 1.50. The van der Waals surface area contributed by atoms with Gasteiger partial charge in [0.25, 0.3) is 0 Å². The topological polar surface area (TPSA) is 67.9 Å².